The summed E-state index contributed by atoms with van der Waals surface area (Å²) in [4.78, 5) is 12.0. The number of amides is 1. The molecule has 1 N–H and O–H groups in total. The van der Waals surface area contributed by atoms with Crippen molar-refractivity contribution in [1.82, 2.24) is 5.32 Å². The zero-order valence-corrected chi connectivity index (χ0v) is 14.0. The second-order valence-electron chi connectivity index (χ2n) is 5.41. The number of hydrogen-bond acceptors (Lipinski definition) is 3. The Bertz CT molecular complexity index is 688. The summed E-state index contributed by atoms with van der Waals surface area (Å²) in [7, 11) is 3.20. The van der Waals surface area contributed by atoms with E-state index in [-0.39, 0.29) is 11.7 Å². The molecule has 5 heteroatoms. The Hall–Kier alpha value is -2.56. The molecule has 2 aromatic rings. The van der Waals surface area contributed by atoms with Crippen molar-refractivity contribution in [1.29, 1.82) is 0 Å². The minimum Gasteiger partial charge on any atom is -0.497 e. The van der Waals surface area contributed by atoms with Crippen LogP contribution in [0.1, 0.15) is 17.5 Å². The molecular weight excluding hydrogens is 309 g/mol. The van der Waals surface area contributed by atoms with Crippen molar-refractivity contribution >= 4 is 5.91 Å². The van der Waals surface area contributed by atoms with Crippen molar-refractivity contribution in [2.24, 2.45) is 0 Å². The molecule has 0 spiro atoms. The molecule has 0 aromatic heterocycles. The lowest BCUT2D eigenvalue weighted by Crippen LogP contribution is -2.25. The van der Waals surface area contributed by atoms with Gasteiger partial charge in [0.15, 0.2) is 0 Å². The second-order valence-corrected chi connectivity index (χ2v) is 5.41. The summed E-state index contributed by atoms with van der Waals surface area (Å²) in [5, 5.41) is 2.85. The van der Waals surface area contributed by atoms with Crippen LogP contribution in [0, 0.1) is 5.82 Å². The molecule has 0 aliphatic rings. The third kappa shape index (κ3) is 5.26. The summed E-state index contributed by atoms with van der Waals surface area (Å²) in [5.41, 5.74) is 1.79. The molecule has 1 amide bonds. The van der Waals surface area contributed by atoms with Crippen LogP contribution in [0.3, 0.4) is 0 Å². The number of methoxy groups -OCH3 is 2. The molecule has 0 unspecified atom stereocenters. The zero-order valence-electron chi connectivity index (χ0n) is 14.0. The van der Waals surface area contributed by atoms with E-state index in [0.29, 0.717) is 25.8 Å². The first-order valence-electron chi connectivity index (χ1n) is 7.84. The van der Waals surface area contributed by atoms with E-state index in [2.05, 4.69) is 5.32 Å². The number of halogens is 1. The SMILES string of the molecule is COc1ccc(OC)c(CCC(=O)NCCc2cccc(F)c2)c1. The van der Waals surface area contributed by atoms with Gasteiger partial charge in [0.25, 0.3) is 0 Å². The van der Waals surface area contributed by atoms with Crippen LogP contribution in [0.25, 0.3) is 0 Å². The molecule has 0 aliphatic heterocycles. The molecule has 0 fully saturated rings. The summed E-state index contributed by atoms with van der Waals surface area (Å²) >= 11 is 0. The third-order valence-electron chi connectivity index (χ3n) is 3.73. The van der Waals surface area contributed by atoms with E-state index in [9.17, 15) is 9.18 Å². The van der Waals surface area contributed by atoms with Gasteiger partial charge in [-0.2, -0.15) is 0 Å². The number of carbonyl (C=O) groups excluding carboxylic acids is 1. The van der Waals surface area contributed by atoms with Gasteiger partial charge in [-0.05, 0) is 54.3 Å². The highest BCUT2D eigenvalue weighted by Gasteiger charge is 2.08. The largest absolute Gasteiger partial charge is 0.497 e. The fraction of sp³-hybridized carbons (Fsp3) is 0.316. The highest BCUT2D eigenvalue weighted by Crippen LogP contribution is 2.25. The molecule has 0 saturated carbocycles. The first-order valence-corrected chi connectivity index (χ1v) is 7.84. The molecule has 2 aromatic carbocycles. The molecule has 2 rings (SSSR count). The highest BCUT2D eigenvalue weighted by molar-refractivity contribution is 5.76. The Morgan fingerprint density at radius 1 is 1.08 bits per heavy atom. The summed E-state index contributed by atoms with van der Waals surface area (Å²) in [6.45, 7) is 0.484. The molecule has 0 heterocycles. The number of ether oxygens (including phenoxy) is 2. The predicted molar refractivity (Wildman–Crippen MR) is 91.0 cm³/mol. The minimum absolute atomic E-state index is 0.0451. The molecule has 128 valence electrons. The van der Waals surface area contributed by atoms with Crippen LogP contribution in [-0.2, 0) is 17.6 Å². The Kier molecular flexibility index (Phi) is 6.61. The predicted octanol–water partition coefficient (Wildman–Crippen LogP) is 3.13. The molecule has 0 radical (unpaired) electrons. The lowest BCUT2D eigenvalue weighted by molar-refractivity contribution is -0.121. The van der Waals surface area contributed by atoms with Gasteiger partial charge in [-0.15, -0.1) is 0 Å². The van der Waals surface area contributed by atoms with Gasteiger partial charge < -0.3 is 14.8 Å². The number of rotatable bonds is 8. The Balaban J connectivity index is 1.81. The summed E-state index contributed by atoms with van der Waals surface area (Å²) in [6.07, 6.45) is 1.52. The van der Waals surface area contributed by atoms with Gasteiger partial charge in [0.2, 0.25) is 5.91 Å². The van der Waals surface area contributed by atoms with Crippen LogP contribution in [-0.4, -0.2) is 26.7 Å². The smallest absolute Gasteiger partial charge is 0.220 e. The van der Waals surface area contributed by atoms with Crippen molar-refractivity contribution in [2.75, 3.05) is 20.8 Å². The Labute approximate surface area is 141 Å². The standard InChI is InChI=1S/C19H22FNO3/c1-23-17-7-8-18(24-2)15(13-17)6-9-19(22)21-11-10-14-4-3-5-16(20)12-14/h3-5,7-8,12-13H,6,9-11H2,1-2H3,(H,21,22). The van der Waals surface area contributed by atoms with E-state index in [1.807, 2.05) is 24.3 Å². The quantitative estimate of drug-likeness (QED) is 0.808. The maximum Gasteiger partial charge on any atom is 0.220 e. The average Bonchev–Trinajstić information content (AvgIpc) is 2.59. The Morgan fingerprint density at radius 3 is 2.62 bits per heavy atom. The molecule has 0 aliphatic carbocycles. The fourth-order valence-electron chi connectivity index (χ4n) is 2.45. The number of aryl methyl sites for hydroxylation is 1. The van der Waals surface area contributed by atoms with E-state index in [1.54, 1.807) is 20.3 Å². The van der Waals surface area contributed by atoms with Gasteiger partial charge in [0, 0.05) is 13.0 Å². The lowest BCUT2D eigenvalue weighted by atomic mass is 10.1. The van der Waals surface area contributed by atoms with E-state index >= 15 is 0 Å². The van der Waals surface area contributed by atoms with E-state index in [0.717, 1.165) is 22.6 Å². The number of benzene rings is 2. The highest BCUT2D eigenvalue weighted by atomic mass is 19.1. The van der Waals surface area contributed by atoms with E-state index in [1.165, 1.54) is 12.1 Å². The first-order chi connectivity index (χ1) is 11.6. The maximum atomic E-state index is 13.1. The summed E-state index contributed by atoms with van der Waals surface area (Å²) in [5.74, 6) is 1.17. The van der Waals surface area contributed by atoms with E-state index in [4.69, 9.17) is 9.47 Å². The van der Waals surface area contributed by atoms with E-state index < -0.39 is 0 Å². The fourth-order valence-corrected chi connectivity index (χ4v) is 2.45. The third-order valence-corrected chi connectivity index (χ3v) is 3.73. The lowest BCUT2D eigenvalue weighted by Gasteiger charge is -2.10. The van der Waals surface area contributed by atoms with Crippen LogP contribution < -0.4 is 14.8 Å². The summed E-state index contributed by atoms with van der Waals surface area (Å²) < 4.78 is 23.6. The monoisotopic (exact) mass is 331 g/mol. The van der Waals surface area contributed by atoms with Crippen LogP contribution in [0.15, 0.2) is 42.5 Å². The normalized spacial score (nSPS) is 10.3. The molecular formula is C19H22FNO3. The van der Waals surface area contributed by atoms with Gasteiger partial charge in [0.1, 0.15) is 17.3 Å². The molecule has 0 saturated heterocycles. The van der Waals surface area contributed by atoms with Crippen molar-refractivity contribution < 1.29 is 18.7 Å². The number of hydrogen-bond donors (Lipinski definition) is 1. The average molecular weight is 331 g/mol. The van der Waals surface area contributed by atoms with Crippen molar-refractivity contribution in [3.63, 3.8) is 0 Å². The van der Waals surface area contributed by atoms with Crippen LogP contribution in [0.5, 0.6) is 11.5 Å². The van der Waals surface area contributed by atoms with Crippen molar-refractivity contribution in [2.45, 2.75) is 19.3 Å². The topological polar surface area (TPSA) is 47.6 Å². The van der Waals surface area contributed by atoms with Crippen LogP contribution in [0.4, 0.5) is 4.39 Å². The molecule has 0 atom stereocenters. The first kappa shape index (κ1) is 17.8. The minimum atomic E-state index is -0.260. The van der Waals surface area contributed by atoms with Crippen molar-refractivity contribution in [3.8, 4) is 11.5 Å². The second kappa shape index (κ2) is 8.91. The molecule has 0 bridgehead atoms. The van der Waals surface area contributed by atoms with Gasteiger partial charge >= 0.3 is 0 Å². The number of carbonyl (C=O) groups is 1. The maximum absolute atomic E-state index is 13.1. The van der Waals surface area contributed by atoms with Crippen LogP contribution >= 0.6 is 0 Å². The van der Waals surface area contributed by atoms with Gasteiger partial charge in [0.05, 0.1) is 14.2 Å². The van der Waals surface area contributed by atoms with Gasteiger partial charge in [-0.1, -0.05) is 12.1 Å². The zero-order chi connectivity index (χ0) is 17.4. The summed E-state index contributed by atoms with van der Waals surface area (Å²) in [6, 6.07) is 11.9. The Morgan fingerprint density at radius 2 is 1.92 bits per heavy atom. The molecule has 24 heavy (non-hydrogen) atoms. The number of nitrogens with one attached hydrogen (secondary N) is 1. The van der Waals surface area contributed by atoms with Crippen molar-refractivity contribution in [3.05, 3.63) is 59.4 Å². The molecule has 4 nitrogen and oxygen atoms in total. The van der Waals surface area contributed by atoms with Crippen LogP contribution in [0.2, 0.25) is 0 Å². The van der Waals surface area contributed by atoms with Gasteiger partial charge in [-0.25, -0.2) is 4.39 Å². The van der Waals surface area contributed by atoms with Gasteiger partial charge in [-0.3, -0.25) is 4.79 Å².